The predicted molar refractivity (Wildman–Crippen MR) is 90.6 cm³/mol. The Morgan fingerprint density at radius 3 is 1.82 bits per heavy atom. The van der Waals surface area contributed by atoms with Gasteiger partial charge in [-0.15, -0.1) is 0 Å². The van der Waals surface area contributed by atoms with Crippen molar-refractivity contribution in [3.05, 3.63) is 29.8 Å². The third kappa shape index (κ3) is 2.86. The first kappa shape index (κ1) is 16.1. The summed E-state index contributed by atoms with van der Waals surface area (Å²) in [6, 6.07) is 7.50. The number of nitrogens with one attached hydrogen (secondary N) is 1. The third-order valence-electron chi connectivity index (χ3n) is 3.52. The van der Waals surface area contributed by atoms with Gasteiger partial charge >= 0.3 is 0 Å². The molecule has 0 unspecified atom stereocenters. The zero-order valence-electron chi connectivity index (χ0n) is 12.8. The van der Waals surface area contributed by atoms with Gasteiger partial charge in [-0.05, 0) is 23.1 Å². The lowest BCUT2D eigenvalue weighted by Gasteiger charge is -2.20. The van der Waals surface area contributed by atoms with Gasteiger partial charge in [0.1, 0.15) is 27.1 Å². The fourth-order valence-electron chi connectivity index (χ4n) is 2.06. The van der Waals surface area contributed by atoms with Crippen LogP contribution in [0.2, 0.25) is 0 Å². The van der Waals surface area contributed by atoms with Crippen molar-refractivity contribution in [2.75, 3.05) is 5.32 Å². The second-order valence-electron chi connectivity index (χ2n) is 6.20. The highest BCUT2D eigenvalue weighted by Crippen LogP contribution is 2.39. The van der Waals surface area contributed by atoms with Crippen LogP contribution in [0.5, 0.6) is 17.2 Å². The highest BCUT2D eigenvalue weighted by molar-refractivity contribution is 6.51. The molecule has 0 fully saturated rings. The maximum Gasteiger partial charge on any atom is 0.184 e. The van der Waals surface area contributed by atoms with Gasteiger partial charge in [-0.25, -0.2) is 0 Å². The van der Waals surface area contributed by atoms with Gasteiger partial charge in [0.05, 0.1) is 0 Å². The van der Waals surface area contributed by atoms with E-state index in [0.29, 0.717) is 5.69 Å². The van der Waals surface area contributed by atoms with Gasteiger partial charge in [0.2, 0.25) is 0 Å². The maximum absolute atomic E-state index is 9.99. The molecule has 0 atom stereocenters. The minimum atomic E-state index is -0.566. The van der Waals surface area contributed by atoms with Gasteiger partial charge in [0.15, 0.2) is 11.5 Å². The summed E-state index contributed by atoms with van der Waals surface area (Å²) in [5.41, 5.74) is 1.25. The normalized spacial score (nSPS) is 11.4. The topological polar surface area (TPSA) is 72.7 Å². The molecule has 0 bridgehead atoms. The molecule has 0 saturated carbocycles. The van der Waals surface area contributed by atoms with Gasteiger partial charge in [0, 0.05) is 5.69 Å². The number of phenols is 3. The summed E-state index contributed by atoms with van der Waals surface area (Å²) in [7, 11) is 11.1. The minimum Gasteiger partial charge on any atom is -0.506 e. The molecule has 0 aliphatic carbocycles. The summed E-state index contributed by atoms with van der Waals surface area (Å²) in [4.78, 5) is 0. The van der Waals surface area contributed by atoms with Gasteiger partial charge in [-0.1, -0.05) is 43.8 Å². The van der Waals surface area contributed by atoms with Crippen LogP contribution in [0.1, 0.15) is 26.3 Å². The number of rotatable bonds is 2. The first-order chi connectivity index (χ1) is 10.1. The van der Waals surface area contributed by atoms with Gasteiger partial charge in [-0.3, -0.25) is 0 Å². The van der Waals surface area contributed by atoms with E-state index < -0.39 is 17.2 Å². The van der Waals surface area contributed by atoms with E-state index >= 15 is 0 Å². The Balaban J connectivity index is 2.40. The van der Waals surface area contributed by atoms with Crippen LogP contribution in [0, 0.1) is 0 Å². The average Bonchev–Trinajstić information content (AvgIpc) is 2.47. The average molecular weight is 293 g/mol. The Bertz CT molecular complexity index is 678. The molecule has 0 spiro atoms. The highest BCUT2D eigenvalue weighted by Gasteiger charge is 2.18. The molecule has 4 radical (unpaired) electrons. The first-order valence-corrected chi connectivity index (χ1v) is 6.82. The van der Waals surface area contributed by atoms with Crippen LogP contribution in [0.15, 0.2) is 24.3 Å². The Labute approximate surface area is 132 Å². The molecule has 2 aromatic rings. The third-order valence-corrected chi connectivity index (χ3v) is 3.52. The molecular formula is C16H17B2NO3. The van der Waals surface area contributed by atoms with Crippen LogP contribution in [0.25, 0.3) is 0 Å². The van der Waals surface area contributed by atoms with Crippen molar-refractivity contribution in [2.45, 2.75) is 26.2 Å². The number of anilines is 2. The summed E-state index contributed by atoms with van der Waals surface area (Å²) in [5, 5.41) is 32.5. The largest absolute Gasteiger partial charge is 0.506 e. The highest BCUT2D eigenvalue weighted by atomic mass is 16.3. The van der Waals surface area contributed by atoms with Crippen LogP contribution in [0.4, 0.5) is 11.4 Å². The standard InChI is InChI=1S/C16H17B2NO3/c1-16(2,3)8-4-6-9(7-5-8)19-12-13(20)10(17)11(18)14(21)15(12)22/h4-7,19-22H,1-3H3. The molecule has 0 aromatic heterocycles. The lowest BCUT2D eigenvalue weighted by atomic mass is 9.78. The van der Waals surface area contributed by atoms with Crippen LogP contribution in [-0.2, 0) is 5.41 Å². The van der Waals surface area contributed by atoms with Crippen LogP contribution < -0.4 is 16.2 Å². The van der Waals surface area contributed by atoms with Gasteiger partial charge in [0.25, 0.3) is 0 Å². The van der Waals surface area contributed by atoms with E-state index in [1.165, 1.54) is 0 Å². The second kappa shape index (κ2) is 5.52. The van der Waals surface area contributed by atoms with Gasteiger partial charge < -0.3 is 20.6 Å². The van der Waals surface area contributed by atoms with E-state index in [1.54, 1.807) is 0 Å². The van der Waals surface area contributed by atoms with E-state index in [9.17, 15) is 15.3 Å². The number of hydrogen-bond donors (Lipinski definition) is 4. The molecule has 0 amide bonds. The van der Waals surface area contributed by atoms with E-state index in [1.807, 2.05) is 24.3 Å². The molecule has 0 aliphatic heterocycles. The number of benzene rings is 2. The fourth-order valence-corrected chi connectivity index (χ4v) is 2.06. The lowest BCUT2D eigenvalue weighted by molar-refractivity contribution is 0.403. The Hall–Kier alpha value is -2.23. The molecule has 22 heavy (non-hydrogen) atoms. The van der Waals surface area contributed by atoms with Crippen molar-refractivity contribution in [3.63, 3.8) is 0 Å². The Kier molecular flexibility index (Phi) is 4.05. The van der Waals surface area contributed by atoms with Crippen molar-refractivity contribution in [3.8, 4) is 17.2 Å². The smallest absolute Gasteiger partial charge is 0.184 e. The molecule has 0 saturated heterocycles. The molecule has 6 heteroatoms. The van der Waals surface area contributed by atoms with Crippen molar-refractivity contribution in [1.29, 1.82) is 0 Å². The van der Waals surface area contributed by atoms with Crippen molar-refractivity contribution < 1.29 is 15.3 Å². The molecule has 0 heterocycles. The lowest BCUT2D eigenvalue weighted by Crippen LogP contribution is -2.26. The van der Waals surface area contributed by atoms with E-state index in [0.717, 1.165) is 5.56 Å². The summed E-state index contributed by atoms with van der Waals surface area (Å²) >= 11 is 0. The maximum atomic E-state index is 9.99. The van der Waals surface area contributed by atoms with Crippen LogP contribution in [-0.4, -0.2) is 31.0 Å². The summed E-state index contributed by atoms with van der Waals surface area (Å²) in [5.74, 6) is -1.53. The zero-order valence-corrected chi connectivity index (χ0v) is 12.8. The summed E-state index contributed by atoms with van der Waals surface area (Å²) in [6.07, 6.45) is 0. The molecule has 2 rings (SSSR count). The molecule has 4 nitrogen and oxygen atoms in total. The van der Waals surface area contributed by atoms with Crippen molar-refractivity contribution >= 4 is 38.0 Å². The second-order valence-corrected chi connectivity index (χ2v) is 6.20. The van der Waals surface area contributed by atoms with Crippen LogP contribution >= 0.6 is 0 Å². The van der Waals surface area contributed by atoms with Crippen molar-refractivity contribution in [1.82, 2.24) is 0 Å². The number of hydrogen-bond acceptors (Lipinski definition) is 4. The molecule has 2 aromatic carbocycles. The summed E-state index contributed by atoms with van der Waals surface area (Å²) < 4.78 is 0. The Morgan fingerprint density at radius 2 is 1.32 bits per heavy atom. The Morgan fingerprint density at radius 1 is 0.818 bits per heavy atom. The monoisotopic (exact) mass is 293 g/mol. The minimum absolute atomic E-state index is 0.0205. The molecule has 0 aliphatic rings. The fraction of sp³-hybridized carbons (Fsp3) is 0.250. The quantitative estimate of drug-likeness (QED) is 0.384. The zero-order chi connectivity index (χ0) is 16.7. The van der Waals surface area contributed by atoms with E-state index in [-0.39, 0.29) is 22.0 Å². The van der Waals surface area contributed by atoms with E-state index in [4.69, 9.17) is 15.7 Å². The number of phenolic OH excluding ortho intramolecular Hbond substituents is 3. The predicted octanol–water partition coefficient (Wildman–Crippen LogP) is 1.43. The van der Waals surface area contributed by atoms with E-state index in [2.05, 4.69) is 26.1 Å². The summed E-state index contributed by atoms with van der Waals surface area (Å²) in [6.45, 7) is 6.31. The number of aromatic hydroxyl groups is 3. The van der Waals surface area contributed by atoms with Gasteiger partial charge in [-0.2, -0.15) is 0 Å². The van der Waals surface area contributed by atoms with Crippen LogP contribution in [0.3, 0.4) is 0 Å². The SMILES string of the molecule is [B]c1c([B])c(O)c(Nc2ccc(C(C)(C)C)cc2)c(O)c1O. The molecule has 110 valence electrons. The molecular weight excluding hydrogens is 276 g/mol. The van der Waals surface area contributed by atoms with Crippen molar-refractivity contribution in [2.24, 2.45) is 0 Å². The first-order valence-electron chi connectivity index (χ1n) is 6.82. The molecule has 4 N–H and O–H groups in total.